The lowest BCUT2D eigenvalue weighted by atomic mass is 10.2. The van der Waals surface area contributed by atoms with Crippen LogP contribution in [-0.4, -0.2) is 19.5 Å². The topological polar surface area (TPSA) is 52.8 Å². The fourth-order valence-electron chi connectivity index (χ4n) is 3.78. The van der Waals surface area contributed by atoms with Crippen molar-refractivity contribution >= 4 is 33.9 Å². The van der Waals surface area contributed by atoms with Gasteiger partial charge in [0.1, 0.15) is 17.3 Å². The van der Waals surface area contributed by atoms with Crippen molar-refractivity contribution in [2.75, 3.05) is 0 Å². The Morgan fingerprint density at radius 1 is 0.606 bits per heavy atom. The summed E-state index contributed by atoms with van der Waals surface area (Å²) in [5.74, 6) is 2.28. The average molecular weight is 449 g/mol. The molecule has 0 saturated carbocycles. The molecule has 0 atom stereocenters. The van der Waals surface area contributed by atoms with Crippen molar-refractivity contribution in [1.29, 1.82) is 0 Å². The van der Waals surface area contributed by atoms with Crippen LogP contribution in [0.15, 0.2) is 103 Å². The van der Waals surface area contributed by atoms with Crippen LogP contribution in [0.5, 0.6) is 11.5 Å². The predicted molar refractivity (Wildman–Crippen MR) is 131 cm³/mol. The third-order valence-electron chi connectivity index (χ3n) is 5.35. The lowest BCUT2D eigenvalue weighted by Crippen LogP contribution is -1.99. The molecule has 0 aliphatic rings. The molecule has 0 N–H and O–H groups in total. The molecule has 158 valence electrons. The Kier molecular flexibility index (Phi) is 4.74. The van der Waals surface area contributed by atoms with Gasteiger partial charge in [-0.25, -0.2) is 15.0 Å². The van der Waals surface area contributed by atoms with Gasteiger partial charge in [-0.3, -0.25) is 4.57 Å². The number of aromatic nitrogens is 4. The lowest BCUT2D eigenvalue weighted by molar-refractivity contribution is 0.482. The van der Waals surface area contributed by atoms with Crippen LogP contribution in [0.2, 0.25) is 5.02 Å². The second-order valence-corrected chi connectivity index (χ2v) is 7.98. The van der Waals surface area contributed by atoms with Crippen LogP contribution in [0.4, 0.5) is 0 Å². The summed E-state index contributed by atoms with van der Waals surface area (Å²) in [4.78, 5) is 14.5. The van der Waals surface area contributed by atoms with Crippen molar-refractivity contribution in [2.45, 2.75) is 0 Å². The first-order chi connectivity index (χ1) is 16.2. The molecule has 0 bridgehead atoms. The Hall–Kier alpha value is -4.22. The number of hydrogen-bond donors (Lipinski definition) is 0. The zero-order valence-corrected chi connectivity index (χ0v) is 18.1. The van der Waals surface area contributed by atoms with Gasteiger partial charge in [0.15, 0.2) is 11.3 Å². The molecule has 33 heavy (non-hydrogen) atoms. The summed E-state index contributed by atoms with van der Waals surface area (Å²) < 4.78 is 7.97. The molecule has 0 saturated heterocycles. The van der Waals surface area contributed by atoms with E-state index in [0.29, 0.717) is 16.3 Å². The summed E-state index contributed by atoms with van der Waals surface area (Å²) in [6.07, 6.45) is 0. The molecule has 0 radical (unpaired) electrons. The highest BCUT2D eigenvalue weighted by Crippen LogP contribution is 2.30. The molecule has 2 aromatic heterocycles. The van der Waals surface area contributed by atoms with Crippen LogP contribution in [0.1, 0.15) is 0 Å². The van der Waals surface area contributed by atoms with Gasteiger partial charge in [0, 0.05) is 16.3 Å². The van der Waals surface area contributed by atoms with Gasteiger partial charge in [0.25, 0.3) is 0 Å². The third kappa shape index (κ3) is 3.69. The minimum Gasteiger partial charge on any atom is -0.457 e. The van der Waals surface area contributed by atoms with E-state index in [1.54, 1.807) is 0 Å². The Morgan fingerprint density at radius 3 is 1.97 bits per heavy atom. The van der Waals surface area contributed by atoms with Crippen molar-refractivity contribution in [3.63, 3.8) is 0 Å². The van der Waals surface area contributed by atoms with Crippen LogP contribution < -0.4 is 4.74 Å². The number of ether oxygens (including phenoxy) is 1. The number of fused-ring (bicyclic) bond motifs is 2. The Morgan fingerprint density at radius 2 is 1.24 bits per heavy atom. The van der Waals surface area contributed by atoms with Gasteiger partial charge in [0.05, 0.1) is 11.0 Å². The second-order valence-electron chi connectivity index (χ2n) is 7.55. The van der Waals surface area contributed by atoms with Gasteiger partial charge < -0.3 is 4.74 Å². The first kappa shape index (κ1) is 19.5. The molecule has 0 unspecified atom stereocenters. The molecule has 0 aliphatic heterocycles. The molecule has 6 heteroatoms. The summed E-state index contributed by atoms with van der Waals surface area (Å²) in [6.45, 7) is 0. The monoisotopic (exact) mass is 448 g/mol. The van der Waals surface area contributed by atoms with Gasteiger partial charge >= 0.3 is 0 Å². The summed E-state index contributed by atoms with van der Waals surface area (Å²) in [6, 6.07) is 33.0. The molecule has 6 rings (SSSR count). The number of rotatable bonds is 4. The minimum atomic E-state index is 0.586. The third-order valence-corrected chi connectivity index (χ3v) is 5.60. The quantitative estimate of drug-likeness (QED) is 0.289. The molecule has 5 nitrogen and oxygen atoms in total. The summed E-state index contributed by atoms with van der Waals surface area (Å²) in [5, 5.41) is 0.672. The van der Waals surface area contributed by atoms with Crippen LogP contribution >= 0.6 is 11.6 Å². The fourth-order valence-corrected chi connectivity index (χ4v) is 3.91. The number of para-hydroxylation sites is 3. The van der Waals surface area contributed by atoms with E-state index in [2.05, 4.69) is 0 Å². The van der Waals surface area contributed by atoms with E-state index in [0.717, 1.165) is 39.6 Å². The lowest BCUT2D eigenvalue weighted by Gasteiger charge is -2.11. The van der Waals surface area contributed by atoms with Crippen molar-refractivity contribution < 1.29 is 4.74 Å². The van der Waals surface area contributed by atoms with Crippen molar-refractivity contribution in [3.8, 4) is 28.6 Å². The summed E-state index contributed by atoms with van der Waals surface area (Å²) in [7, 11) is 0. The van der Waals surface area contributed by atoms with Gasteiger partial charge in [0.2, 0.25) is 0 Å². The largest absolute Gasteiger partial charge is 0.457 e. The number of imidazole rings is 1. The molecule has 6 aromatic rings. The van der Waals surface area contributed by atoms with Crippen molar-refractivity contribution in [3.05, 3.63) is 108 Å². The highest BCUT2D eigenvalue weighted by atomic mass is 35.5. The average Bonchev–Trinajstić information content (AvgIpc) is 3.22. The molecule has 0 amide bonds. The highest BCUT2D eigenvalue weighted by molar-refractivity contribution is 6.30. The molecular formula is C27H17ClN4O. The standard InChI is InChI=1S/C27H17ClN4O/c28-19-12-10-18(11-13-19)26-31-25-27(30-24-9-5-4-8-23(24)29-25)32(26)20-14-16-22(17-15-20)33-21-6-2-1-3-7-21/h1-17H. The van der Waals surface area contributed by atoms with Gasteiger partial charge in [-0.1, -0.05) is 41.9 Å². The van der Waals surface area contributed by atoms with Crippen LogP contribution in [0.3, 0.4) is 0 Å². The molecule has 2 heterocycles. The second kappa shape index (κ2) is 8.04. The normalized spacial score (nSPS) is 11.2. The van der Waals surface area contributed by atoms with Crippen LogP contribution in [0.25, 0.3) is 39.4 Å². The van der Waals surface area contributed by atoms with E-state index in [1.165, 1.54) is 0 Å². The number of benzene rings is 4. The van der Waals surface area contributed by atoms with Crippen LogP contribution in [0, 0.1) is 0 Å². The molecule has 0 spiro atoms. The number of halogens is 1. The summed E-state index contributed by atoms with van der Waals surface area (Å²) >= 11 is 6.12. The Balaban J connectivity index is 1.51. The highest BCUT2D eigenvalue weighted by Gasteiger charge is 2.17. The Labute approximate surface area is 194 Å². The maximum Gasteiger partial charge on any atom is 0.199 e. The molecular weight excluding hydrogens is 432 g/mol. The van der Waals surface area contributed by atoms with E-state index in [-0.39, 0.29) is 0 Å². The van der Waals surface area contributed by atoms with E-state index in [9.17, 15) is 0 Å². The maximum absolute atomic E-state index is 6.12. The zero-order valence-electron chi connectivity index (χ0n) is 17.4. The number of nitrogens with zero attached hydrogens (tertiary/aromatic N) is 4. The van der Waals surface area contributed by atoms with Gasteiger partial charge in [-0.15, -0.1) is 0 Å². The maximum atomic E-state index is 6.12. The minimum absolute atomic E-state index is 0.586. The smallest absolute Gasteiger partial charge is 0.199 e. The number of hydrogen-bond acceptors (Lipinski definition) is 4. The first-order valence-electron chi connectivity index (χ1n) is 10.5. The SMILES string of the molecule is Clc1ccc(-c2nc3nc4ccccc4nc3n2-c2ccc(Oc3ccccc3)cc2)cc1. The molecule has 0 fully saturated rings. The van der Waals surface area contributed by atoms with E-state index in [1.807, 2.05) is 108 Å². The molecule has 4 aromatic carbocycles. The van der Waals surface area contributed by atoms with E-state index >= 15 is 0 Å². The van der Waals surface area contributed by atoms with Crippen molar-refractivity contribution in [2.24, 2.45) is 0 Å². The van der Waals surface area contributed by atoms with Gasteiger partial charge in [-0.2, -0.15) is 0 Å². The van der Waals surface area contributed by atoms with Gasteiger partial charge in [-0.05, 0) is 72.8 Å². The van der Waals surface area contributed by atoms with E-state index in [4.69, 9.17) is 31.3 Å². The van der Waals surface area contributed by atoms with E-state index < -0.39 is 0 Å². The first-order valence-corrected chi connectivity index (χ1v) is 10.9. The fraction of sp³-hybridized carbons (Fsp3) is 0. The zero-order chi connectivity index (χ0) is 22.2. The Bertz CT molecular complexity index is 1580. The predicted octanol–water partition coefficient (Wildman–Crippen LogP) is 7.08. The van der Waals surface area contributed by atoms with Crippen molar-refractivity contribution in [1.82, 2.24) is 19.5 Å². The molecule has 0 aliphatic carbocycles. The van der Waals surface area contributed by atoms with Crippen LogP contribution in [-0.2, 0) is 0 Å². The summed E-state index contributed by atoms with van der Waals surface area (Å²) in [5.41, 5.74) is 4.74.